The number of fused-ring (bicyclic) bond motifs is 1. The molecule has 2 aromatic rings. The van der Waals surface area contributed by atoms with Gasteiger partial charge >= 0.3 is 0 Å². The van der Waals surface area contributed by atoms with E-state index >= 15 is 0 Å². The lowest BCUT2D eigenvalue weighted by atomic mass is 10.0. The summed E-state index contributed by atoms with van der Waals surface area (Å²) in [6.45, 7) is 7.40. The van der Waals surface area contributed by atoms with Gasteiger partial charge in [-0.05, 0) is 31.5 Å². The average Bonchev–Trinajstić information content (AvgIpc) is 3.17. The first-order valence-electron chi connectivity index (χ1n) is 8.05. The molecule has 3 rings (SSSR count). The summed E-state index contributed by atoms with van der Waals surface area (Å²) in [6.07, 6.45) is 2.53. The molecule has 0 aliphatic carbocycles. The number of nitrogens with zero attached hydrogens (tertiary/aromatic N) is 3. The van der Waals surface area contributed by atoms with Crippen LogP contribution < -0.4 is 11.1 Å². The Labute approximate surface area is 144 Å². The van der Waals surface area contributed by atoms with Crippen molar-refractivity contribution in [2.45, 2.75) is 33.4 Å². The number of aromatic nitrogens is 2. The normalized spacial score (nSPS) is 14.4. The molecule has 0 radical (unpaired) electrons. The van der Waals surface area contributed by atoms with Crippen molar-refractivity contribution in [2.24, 2.45) is 5.73 Å². The molecule has 0 saturated heterocycles. The van der Waals surface area contributed by atoms with Crippen LogP contribution in [0.3, 0.4) is 0 Å². The van der Waals surface area contributed by atoms with E-state index < -0.39 is 5.91 Å². The molecule has 8 heteroatoms. The van der Waals surface area contributed by atoms with Gasteiger partial charge in [-0.25, -0.2) is 0 Å². The number of carbonyl (C=O) groups excluding carboxylic acids is 2. The molecule has 2 aromatic heterocycles. The summed E-state index contributed by atoms with van der Waals surface area (Å²) >= 11 is 1.44. The van der Waals surface area contributed by atoms with Gasteiger partial charge in [0.15, 0.2) is 5.69 Å². The smallest absolute Gasteiger partial charge is 0.276 e. The zero-order valence-corrected chi connectivity index (χ0v) is 14.7. The van der Waals surface area contributed by atoms with E-state index in [1.54, 1.807) is 16.9 Å². The molecule has 24 heavy (non-hydrogen) atoms. The SMILES string of the molecule is CCN1CCc2c(sc(NC(=O)c3ccn(CC)n3)c2C(N)=O)C1. The number of hydrogen-bond donors (Lipinski definition) is 2. The number of hydrogen-bond acceptors (Lipinski definition) is 5. The molecule has 1 aliphatic rings. The summed E-state index contributed by atoms with van der Waals surface area (Å²) < 4.78 is 1.68. The number of primary amides is 1. The van der Waals surface area contributed by atoms with E-state index in [-0.39, 0.29) is 5.91 Å². The number of carbonyl (C=O) groups is 2. The van der Waals surface area contributed by atoms with Crippen molar-refractivity contribution in [3.05, 3.63) is 34.0 Å². The molecule has 0 spiro atoms. The molecule has 0 unspecified atom stereocenters. The van der Waals surface area contributed by atoms with Crippen LogP contribution in [0.1, 0.15) is 45.1 Å². The predicted octanol–water partition coefficient (Wildman–Crippen LogP) is 1.69. The van der Waals surface area contributed by atoms with E-state index in [2.05, 4.69) is 22.2 Å². The Morgan fingerprint density at radius 1 is 1.38 bits per heavy atom. The minimum Gasteiger partial charge on any atom is -0.365 e. The first-order valence-corrected chi connectivity index (χ1v) is 8.86. The molecule has 0 saturated carbocycles. The minimum absolute atomic E-state index is 0.323. The Balaban J connectivity index is 1.89. The highest BCUT2D eigenvalue weighted by atomic mass is 32.1. The largest absolute Gasteiger partial charge is 0.365 e. The van der Waals surface area contributed by atoms with Crippen LogP contribution >= 0.6 is 11.3 Å². The van der Waals surface area contributed by atoms with Crippen molar-refractivity contribution in [1.29, 1.82) is 0 Å². The van der Waals surface area contributed by atoms with E-state index in [1.165, 1.54) is 11.3 Å². The molecule has 0 bridgehead atoms. The van der Waals surface area contributed by atoms with Gasteiger partial charge < -0.3 is 11.1 Å². The maximum Gasteiger partial charge on any atom is 0.276 e. The second-order valence-corrected chi connectivity index (χ2v) is 6.81. The van der Waals surface area contributed by atoms with Crippen LogP contribution in [0.5, 0.6) is 0 Å². The Kier molecular flexibility index (Phi) is 4.68. The topological polar surface area (TPSA) is 93.2 Å². The van der Waals surface area contributed by atoms with Crippen molar-refractivity contribution in [3.63, 3.8) is 0 Å². The average molecular weight is 347 g/mol. The molecule has 7 nitrogen and oxygen atoms in total. The van der Waals surface area contributed by atoms with Gasteiger partial charge in [0.25, 0.3) is 11.8 Å². The standard InChI is InChI=1S/C16H21N5O2S/c1-3-20-7-5-10-12(9-20)24-16(13(10)14(17)22)18-15(23)11-6-8-21(4-2)19-11/h6,8H,3-5,7,9H2,1-2H3,(H2,17,22)(H,18,23). The van der Waals surface area contributed by atoms with E-state index in [1.807, 2.05) is 6.92 Å². The highest BCUT2D eigenvalue weighted by Gasteiger charge is 2.27. The van der Waals surface area contributed by atoms with E-state index in [9.17, 15) is 9.59 Å². The van der Waals surface area contributed by atoms with Crippen LogP contribution in [-0.2, 0) is 19.5 Å². The van der Waals surface area contributed by atoms with Gasteiger partial charge in [0.2, 0.25) is 0 Å². The number of nitrogens with one attached hydrogen (secondary N) is 1. The van der Waals surface area contributed by atoms with Gasteiger partial charge in [-0.3, -0.25) is 19.2 Å². The van der Waals surface area contributed by atoms with Gasteiger partial charge in [0.1, 0.15) is 5.00 Å². The van der Waals surface area contributed by atoms with E-state index in [4.69, 9.17) is 5.73 Å². The Morgan fingerprint density at radius 2 is 2.17 bits per heavy atom. The highest BCUT2D eigenvalue weighted by molar-refractivity contribution is 7.17. The fourth-order valence-corrected chi connectivity index (χ4v) is 4.19. The number of thiophene rings is 1. The molecule has 3 N–H and O–H groups in total. The Morgan fingerprint density at radius 3 is 2.79 bits per heavy atom. The van der Waals surface area contributed by atoms with Crippen molar-refractivity contribution >= 4 is 28.2 Å². The fourth-order valence-electron chi connectivity index (χ4n) is 2.90. The molecule has 0 atom stereocenters. The molecular weight excluding hydrogens is 326 g/mol. The first kappa shape index (κ1) is 16.7. The number of anilines is 1. The molecular formula is C16H21N5O2S. The zero-order chi connectivity index (χ0) is 17.3. The minimum atomic E-state index is -0.494. The van der Waals surface area contributed by atoms with Crippen LogP contribution in [0, 0.1) is 0 Å². The summed E-state index contributed by atoms with van der Waals surface area (Å²) in [7, 11) is 0. The molecule has 2 amide bonds. The monoisotopic (exact) mass is 347 g/mol. The molecule has 128 valence electrons. The maximum absolute atomic E-state index is 12.4. The van der Waals surface area contributed by atoms with E-state index in [0.29, 0.717) is 22.8 Å². The van der Waals surface area contributed by atoms with Gasteiger partial charge in [-0.2, -0.15) is 5.10 Å². The second-order valence-electron chi connectivity index (χ2n) is 5.70. The van der Waals surface area contributed by atoms with Gasteiger partial charge in [-0.1, -0.05) is 6.92 Å². The lowest BCUT2D eigenvalue weighted by molar-refractivity contribution is 0.1000. The Hall–Kier alpha value is -2.19. The highest BCUT2D eigenvalue weighted by Crippen LogP contribution is 2.37. The van der Waals surface area contributed by atoms with Crippen LogP contribution in [0.25, 0.3) is 0 Å². The number of likely N-dealkylation sites (N-methyl/N-ethyl adjacent to an activating group) is 1. The van der Waals surface area contributed by atoms with Gasteiger partial charge in [0, 0.05) is 30.7 Å². The number of rotatable bonds is 5. The van der Waals surface area contributed by atoms with Crippen molar-refractivity contribution in [1.82, 2.24) is 14.7 Å². The lowest BCUT2D eigenvalue weighted by Gasteiger charge is -2.25. The molecule has 0 fully saturated rings. The van der Waals surface area contributed by atoms with Crippen molar-refractivity contribution in [3.8, 4) is 0 Å². The van der Waals surface area contributed by atoms with Crippen LogP contribution in [0.15, 0.2) is 12.3 Å². The summed E-state index contributed by atoms with van der Waals surface area (Å²) in [6, 6.07) is 1.66. The van der Waals surface area contributed by atoms with Gasteiger partial charge in [-0.15, -0.1) is 11.3 Å². The van der Waals surface area contributed by atoms with Gasteiger partial charge in [0.05, 0.1) is 5.56 Å². The van der Waals surface area contributed by atoms with Crippen molar-refractivity contribution < 1.29 is 9.59 Å². The zero-order valence-electron chi connectivity index (χ0n) is 13.8. The van der Waals surface area contributed by atoms with Crippen LogP contribution in [-0.4, -0.2) is 39.6 Å². The molecule has 3 heterocycles. The quantitative estimate of drug-likeness (QED) is 0.861. The third-order valence-corrected chi connectivity index (χ3v) is 5.39. The van der Waals surface area contributed by atoms with Crippen molar-refractivity contribution in [2.75, 3.05) is 18.4 Å². The first-order chi connectivity index (χ1) is 11.5. The van der Waals surface area contributed by atoms with Crippen LogP contribution in [0.4, 0.5) is 5.00 Å². The number of nitrogens with two attached hydrogens (primary N) is 1. The third kappa shape index (κ3) is 3.07. The molecule has 0 aromatic carbocycles. The summed E-state index contributed by atoms with van der Waals surface area (Å²) in [5.41, 5.74) is 7.33. The summed E-state index contributed by atoms with van der Waals surface area (Å²) in [5, 5.41) is 7.54. The third-order valence-electron chi connectivity index (χ3n) is 4.25. The number of aryl methyl sites for hydroxylation is 1. The Bertz CT molecular complexity index is 780. The predicted molar refractivity (Wildman–Crippen MR) is 93.3 cm³/mol. The number of amides is 2. The lowest BCUT2D eigenvalue weighted by Crippen LogP contribution is -2.30. The maximum atomic E-state index is 12.4. The molecule has 1 aliphatic heterocycles. The summed E-state index contributed by atoms with van der Waals surface area (Å²) in [4.78, 5) is 27.7. The fraction of sp³-hybridized carbons (Fsp3) is 0.438. The van der Waals surface area contributed by atoms with E-state index in [0.717, 1.165) is 36.5 Å². The summed E-state index contributed by atoms with van der Waals surface area (Å²) in [5.74, 6) is -0.817. The second kappa shape index (κ2) is 6.74. The van der Waals surface area contributed by atoms with Crippen LogP contribution in [0.2, 0.25) is 0 Å².